The van der Waals surface area contributed by atoms with Crippen LogP contribution in [0.5, 0.6) is 0 Å². The lowest BCUT2D eigenvalue weighted by Crippen LogP contribution is -2.45. The van der Waals surface area contributed by atoms with Gasteiger partial charge in [0.05, 0.1) is 11.3 Å². The second-order valence-electron chi connectivity index (χ2n) is 5.35. The molecule has 0 bridgehead atoms. The van der Waals surface area contributed by atoms with E-state index in [2.05, 4.69) is 10.6 Å². The molecule has 21 heavy (non-hydrogen) atoms. The molecule has 1 aromatic carbocycles. The van der Waals surface area contributed by atoms with Gasteiger partial charge in [-0.1, -0.05) is 25.5 Å². The molecule has 1 aromatic rings. The number of carbonyl (C=O) groups excluding carboxylic acids is 2. The fourth-order valence-corrected chi connectivity index (χ4v) is 1.67. The summed E-state index contributed by atoms with van der Waals surface area (Å²) < 4.78 is 0. The lowest BCUT2D eigenvalue weighted by Gasteiger charge is -2.23. The Morgan fingerprint density at radius 1 is 1.24 bits per heavy atom. The second-order valence-corrected chi connectivity index (χ2v) is 5.35. The third kappa shape index (κ3) is 4.32. The normalized spacial score (nSPS) is 10.6. The summed E-state index contributed by atoms with van der Waals surface area (Å²) in [6.45, 7) is 5.72. The number of anilines is 1. The van der Waals surface area contributed by atoms with Crippen LogP contribution in [0.2, 0.25) is 0 Å². The smallest absolute Gasteiger partial charge is 0.239 e. The van der Waals surface area contributed by atoms with E-state index in [0.29, 0.717) is 17.8 Å². The molecule has 0 aliphatic rings. The molecule has 0 spiro atoms. The summed E-state index contributed by atoms with van der Waals surface area (Å²) in [5, 5.41) is 14.4. The monoisotopic (exact) mass is 287 g/mol. The molecule has 112 valence electrons. The molecule has 0 saturated heterocycles. The van der Waals surface area contributed by atoms with E-state index in [1.54, 1.807) is 38.1 Å². The van der Waals surface area contributed by atoms with Crippen molar-refractivity contribution in [3.8, 4) is 6.07 Å². The summed E-state index contributed by atoms with van der Waals surface area (Å²) >= 11 is 0. The van der Waals surface area contributed by atoms with E-state index in [1.165, 1.54) is 0 Å². The van der Waals surface area contributed by atoms with E-state index in [4.69, 9.17) is 5.26 Å². The van der Waals surface area contributed by atoms with Crippen LogP contribution in [-0.4, -0.2) is 18.4 Å². The quantitative estimate of drug-likeness (QED) is 0.622. The molecule has 0 atom stereocenters. The van der Waals surface area contributed by atoms with Crippen molar-refractivity contribution >= 4 is 17.5 Å². The lowest BCUT2D eigenvalue weighted by molar-refractivity contribution is -0.138. The predicted molar refractivity (Wildman–Crippen MR) is 81.5 cm³/mol. The van der Waals surface area contributed by atoms with Gasteiger partial charge in [0.25, 0.3) is 0 Å². The molecule has 0 fully saturated rings. The molecule has 2 N–H and O–H groups in total. The third-order valence-electron chi connectivity index (χ3n) is 3.25. The van der Waals surface area contributed by atoms with Crippen LogP contribution in [0.4, 0.5) is 5.69 Å². The molecule has 2 amide bonds. The highest BCUT2D eigenvalue weighted by atomic mass is 16.2. The number of hydrogen-bond donors (Lipinski definition) is 2. The fourth-order valence-electron chi connectivity index (χ4n) is 1.67. The van der Waals surface area contributed by atoms with Crippen LogP contribution >= 0.6 is 0 Å². The van der Waals surface area contributed by atoms with E-state index in [0.717, 1.165) is 12.8 Å². The molecular formula is C16H21N3O2. The maximum absolute atomic E-state index is 12.3. The van der Waals surface area contributed by atoms with E-state index in [-0.39, 0.29) is 5.91 Å². The zero-order valence-electron chi connectivity index (χ0n) is 12.7. The average molecular weight is 287 g/mol. The summed E-state index contributed by atoms with van der Waals surface area (Å²) in [4.78, 5) is 24.4. The van der Waals surface area contributed by atoms with Gasteiger partial charge in [-0.15, -0.1) is 0 Å². The second kappa shape index (κ2) is 7.44. The van der Waals surface area contributed by atoms with Gasteiger partial charge in [-0.25, -0.2) is 0 Å². The van der Waals surface area contributed by atoms with Crippen LogP contribution in [0, 0.1) is 16.7 Å². The number of amides is 2. The number of unbranched alkanes of at least 4 members (excludes halogenated alkanes) is 1. The van der Waals surface area contributed by atoms with Gasteiger partial charge in [0, 0.05) is 6.54 Å². The lowest BCUT2D eigenvalue weighted by atomic mass is 9.90. The predicted octanol–water partition coefficient (Wildman–Crippen LogP) is 2.44. The van der Waals surface area contributed by atoms with E-state index in [9.17, 15) is 9.59 Å². The Morgan fingerprint density at radius 2 is 1.90 bits per heavy atom. The van der Waals surface area contributed by atoms with Crippen molar-refractivity contribution in [1.82, 2.24) is 5.32 Å². The van der Waals surface area contributed by atoms with Crippen LogP contribution in [0.15, 0.2) is 24.3 Å². The average Bonchev–Trinajstić information content (AvgIpc) is 2.47. The zero-order chi connectivity index (χ0) is 15.9. The highest BCUT2D eigenvalue weighted by Gasteiger charge is 2.36. The van der Waals surface area contributed by atoms with Gasteiger partial charge in [-0.3, -0.25) is 9.59 Å². The Bertz CT molecular complexity index is 559. The van der Waals surface area contributed by atoms with E-state index >= 15 is 0 Å². The summed E-state index contributed by atoms with van der Waals surface area (Å²) in [5.41, 5.74) is -0.413. The number of benzene rings is 1. The van der Waals surface area contributed by atoms with Crippen molar-refractivity contribution < 1.29 is 9.59 Å². The molecule has 0 saturated carbocycles. The Morgan fingerprint density at radius 3 is 2.52 bits per heavy atom. The molecule has 1 rings (SSSR count). The number of para-hydroxylation sites is 1. The molecule has 0 unspecified atom stereocenters. The highest BCUT2D eigenvalue weighted by Crippen LogP contribution is 2.21. The van der Waals surface area contributed by atoms with Crippen molar-refractivity contribution in [3.05, 3.63) is 29.8 Å². The summed E-state index contributed by atoms with van der Waals surface area (Å²) in [5.74, 6) is -0.748. The van der Waals surface area contributed by atoms with Gasteiger partial charge in [0.2, 0.25) is 11.8 Å². The minimum absolute atomic E-state index is 0.317. The Hall–Kier alpha value is -2.35. The van der Waals surface area contributed by atoms with Gasteiger partial charge in [-0.05, 0) is 32.4 Å². The van der Waals surface area contributed by atoms with Gasteiger partial charge in [-0.2, -0.15) is 5.26 Å². The summed E-state index contributed by atoms with van der Waals surface area (Å²) in [6.07, 6.45) is 1.85. The first kappa shape index (κ1) is 16.7. The molecule has 0 heterocycles. The van der Waals surface area contributed by atoms with E-state index in [1.807, 2.05) is 13.0 Å². The first-order valence-electron chi connectivity index (χ1n) is 7.02. The van der Waals surface area contributed by atoms with Crippen molar-refractivity contribution in [2.45, 2.75) is 33.6 Å². The van der Waals surface area contributed by atoms with Crippen molar-refractivity contribution in [1.29, 1.82) is 5.26 Å². The number of carbonyl (C=O) groups is 2. The number of nitriles is 1. The van der Waals surface area contributed by atoms with Crippen LogP contribution < -0.4 is 10.6 Å². The molecule has 0 aliphatic carbocycles. The minimum Gasteiger partial charge on any atom is -0.355 e. The molecular weight excluding hydrogens is 266 g/mol. The number of hydrogen-bond acceptors (Lipinski definition) is 3. The molecule has 0 radical (unpaired) electrons. The maximum Gasteiger partial charge on any atom is 0.239 e. The first-order chi connectivity index (χ1) is 9.93. The van der Waals surface area contributed by atoms with Gasteiger partial charge in [0.15, 0.2) is 0 Å². The van der Waals surface area contributed by atoms with Gasteiger partial charge < -0.3 is 10.6 Å². The molecule has 0 aromatic heterocycles. The summed E-state index contributed by atoms with van der Waals surface area (Å²) in [6, 6.07) is 8.71. The third-order valence-corrected chi connectivity index (χ3v) is 3.25. The van der Waals surface area contributed by atoms with Gasteiger partial charge >= 0.3 is 0 Å². The fraction of sp³-hybridized carbons (Fsp3) is 0.438. The standard InChI is InChI=1S/C16H21N3O2/c1-4-5-10-18-14(20)16(2,3)15(21)19-13-9-7-6-8-12(13)11-17/h6-9H,4-5,10H2,1-3H3,(H,18,20)(H,19,21). The SMILES string of the molecule is CCCCNC(=O)C(C)(C)C(=O)Nc1ccccc1C#N. The minimum atomic E-state index is -1.20. The highest BCUT2D eigenvalue weighted by molar-refractivity contribution is 6.10. The Balaban J connectivity index is 2.77. The molecule has 5 heteroatoms. The number of rotatable bonds is 6. The van der Waals surface area contributed by atoms with Crippen molar-refractivity contribution in [3.63, 3.8) is 0 Å². The van der Waals surface area contributed by atoms with Crippen molar-refractivity contribution in [2.75, 3.05) is 11.9 Å². The van der Waals surface area contributed by atoms with Crippen LogP contribution in [-0.2, 0) is 9.59 Å². The topological polar surface area (TPSA) is 82.0 Å². The number of nitrogens with zero attached hydrogens (tertiary/aromatic N) is 1. The van der Waals surface area contributed by atoms with Crippen LogP contribution in [0.25, 0.3) is 0 Å². The zero-order valence-corrected chi connectivity index (χ0v) is 12.7. The largest absolute Gasteiger partial charge is 0.355 e. The molecule has 0 aliphatic heterocycles. The van der Waals surface area contributed by atoms with E-state index < -0.39 is 11.3 Å². The summed E-state index contributed by atoms with van der Waals surface area (Å²) in [7, 11) is 0. The van der Waals surface area contributed by atoms with Crippen LogP contribution in [0.1, 0.15) is 39.2 Å². The first-order valence-corrected chi connectivity index (χ1v) is 7.02. The Labute approximate surface area is 125 Å². The Kier molecular flexibility index (Phi) is 5.92. The van der Waals surface area contributed by atoms with Crippen LogP contribution in [0.3, 0.4) is 0 Å². The maximum atomic E-state index is 12.3. The molecule has 5 nitrogen and oxygen atoms in total. The number of nitrogens with one attached hydrogen (secondary N) is 2. The van der Waals surface area contributed by atoms with Gasteiger partial charge in [0.1, 0.15) is 11.5 Å². The van der Waals surface area contributed by atoms with Crippen molar-refractivity contribution in [2.24, 2.45) is 5.41 Å².